The molecule has 0 saturated carbocycles. The fraction of sp³-hybridized carbons (Fsp3) is 0.290. The van der Waals surface area contributed by atoms with Crippen molar-refractivity contribution in [2.75, 3.05) is 43.6 Å². The summed E-state index contributed by atoms with van der Waals surface area (Å²) in [6, 6.07) is 17.4. The molecule has 0 saturated heterocycles. The second kappa shape index (κ2) is 35.7. The van der Waals surface area contributed by atoms with E-state index in [1.807, 2.05) is 13.8 Å². The van der Waals surface area contributed by atoms with Crippen molar-refractivity contribution in [3.63, 3.8) is 0 Å². The molecule has 538 valence electrons. The summed E-state index contributed by atoms with van der Waals surface area (Å²) < 4.78 is 71.3. The predicted molar refractivity (Wildman–Crippen MR) is 378 cm³/mol. The van der Waals surface area contributed by atoms with E-state index in [1.54, 1.807) is 0 Å². The highest BCUT2D eigenvalue weighted by Crippen LogP contribution is 2.46. The van der Waals surface area contributed by atoms with Crippen LogP contribution in [0.1, 0.15) is 112 Å². The summed E-state index contributed by atoms with van der Waals surface area (Å²) in [6.45, 7) is 4.08. The standard InChI is InChI=1S/C62H68N18O18S4/c1-3-5-7-9-11-24-46(81)76-79-61-69-57(63-40-23-17-18-33-29-45(102(96,97)98)50(52(84)48(33)40)78-74-39-22-16-14-20-37(39)54(87)88)67-59(71-61)65-43(55(89)90)31-99-100-32-44(56(91)92)66-60-68-58(70-62(72-60)80-77-47(82)25-12-10-8-6-4-2)64-42-30-35(101(93,94)95)28-34-26-27-41(51(83)49(34)42)75-73-38-21-15-13-19-36(38)53(85)86/h13-23,26-30,43-44,83-84H,3-12,24-25,31-32H2,1-2H3,(H,76,81)(H,77,82)(H,85,86)(H,87,88)(H,89,90)(H,91,92)(H,93,94,95)(H,96,97,98)(H3,63,65,67,69,71,79)(H3,64,66,68,70,72,80). The van der Waals surface area contributed by atoms with Gasteiger partial charge in [0.05, 0.1) is 27.4 Å². The Balaban J connectivity index is 1.06. The Kier molecular flexibility index (Phi) is 26.8. The van der Waals surface area contributed by atoms with Gasteiger partial charge in [-0.05, 0) is 78.2 Å². The molecule has 6 aromatic carbocycles. The number of aromatic hydroxyl groups is 2. The van der Waals surface area contributed by atoms with E-state index in [0.717, 1.165) is 91.2 Å². The molecule has 2 atom stereocenters. The summed E-state index contributed by atoms with van der Waals surface area (Å²) in [7, 11) is -8.37. The number of aromatic carboxylic acids is 2. The van der Waals surface area contributed by atoms with Crippen molar-refractivity contribution in [3.05, 3.63) is 108 Å². The summed E-state index contributed by atoms with van der Waals surface area (Å²) in [5.74, 6) is -11.3. The number of rotatable bonds is 39. The first-order valence-electron chi connectivity index (χ1n) is 31.1. The monoisotopic (exact) mass is 1480 g/mol. The number of carbonyl (C=O) groups excluding carboxylic acids is 2. The van der Waals surface area contributed by atoms with Gasteiger partial charge in [-0.15, -0.1) is 20.5 Å². The highest BCUT2D eigenvalue weighted by molar-refractivity contribution is 8.76. The summed E-state index contributed by atoms with van der Waals surface area (Å²) in [5, 5.41) is 90.4. The van der Waals surface area contributed by atoms with Crippen LogP contribution in [0.5, 0.6) is 11.5 Å². The molecule has 2 unspecified atom stereocenters. The average Bonchev–Trinajstić information content (AvgIpc) is 0.766. The number of carboxylic acids is 4. The number of nitrogens with zero attached hydrogens (tertiary/aromatic N) is 10. The molecule has 0 aliphatic rings. The maximum atomic E-state index is 13.0. The van der Waals surface area contributed by atoms with E-state index in [0.29, 0.717) is 12.8 Å². The molecular formula is C62H68N18O18S4. The van der Waals surface area contributed by atoms with Crippen LogP contribution in [0.25, 0.3) is 21.5 Å². The van der Waals surface area contributed by atoms with E-state index < -0.39 is 119 Å². The van der Waals surface area contributed by atoms with Crippen molar-refractivity contribution in [1.29, 1.82) is 0 Å². The van der Waals surface area contributed by atoms with Crippen molar-refractivity contribution in [3.8, 4) is 11.5 Å². The van der Waals surface area contributed by atoms with Crippen LogP contribution in [0.4, 0.5) is 69.8 Å². The molecule has 2 heterocycles. The molecular weight excluding hydrogens is 1410 g/mol. The zero-order valence-corrected chi connectivity index (χ0v) is 57.3. The van der Waals surface area contributed by atoms with Gasteiger partial charge in [-0.25, -0.2) is 19.2 Å². The smallest absolute Gasteiger partial charge is 0.337 e. The molecule has 8 aromatic rings. The number of hydrogen-bond donors (Lipinski definition) is 16. The van der Waals surface area contributed by atoms with Crippen LogP contribution in [0, 0.1) is 0 Å². The average molecular weight is 1480 g/mol. The lowest BCUT2D eigenvalue weighted by Crippen LogP contribution is -2.34. The Labute approximate surface area is 588 Å². The molecule has 0 aliphatic heterocycles. The van der Waals surface area contributed by atoms with Gasteiger partial charge < -0.3 is 51.9 Å². The normalized spacial score (nSPS) is 12.2. The highest BCUT2D eigenvalue weighted by atomic mass is 33.1. The molecule has 40 heteroatoms. The lowest BCUT2D eigenvalue weighted by atomic mass is 10.1. The molecule has 0 fully saturated rings. The number of amides is 2. The number of unbranched alkanes of at least 4 members (excludes halogenated alkanes) is 8. The topological polar surface area (TPSA) is 556 Å². The fourth-order valence-corrected chi connectivity index (χ4v) is 13.1. The zero-order chi connectivity index (χ0) is 73.7. The minimum atomic E-state index is -5.15. The number of nitrogens with one attached hydrogen (secondary N) is 8. The van der Waals surface area contributed by atoms with Gasteiger partial charge >= 0.3 is 23.9 Å². The third-order valence-electron chi connectivity index (χ3n) is 14.6. The Morgan fingerprint density at radius 3 is 1.41 bits per heavy atom. The third kappa shape index (κ3) is 21.4. The van der Waals surface area contributed by atoms with E-state index in [4.69, 9.17) is 0 Å². The number of aromatic nitrogens is 6. The van der Waals surface area contributed by atoms with Crippen LogP contribution < -0.4 is 43.0 Å². The lowest BCUT2D eigenvalue weighted by molar-refractivity contribution is -0.138. The number of hydrogen-bond acceptors (Lipinski definition) is 30. The Bertz CT molecular complexity index is 4750. The molecule has 8 rings (SSSR count). The number of carbonyl (C=O) groups is 6. The van der Waals surface area contributed by atoms with Gasteiger partial charge in [-0.1, -0.05) is 129 Å². The number of carboxylic acid groups (broad SMARTS) is 4. The number of aliphatic carboxylic acids is 2. The van der Waals surface area contributed by atoms with Gasteiger partial charge in [0.2, 0.25) is 47.5 Å². The largest absolute Gasteiger partial charge is 0.505 e. The SMILES string of the molecule is CCCCCCCC(=O)NNc1nc(Nc2cc(S(=O)(=O)O)cc3ccc(N=Nc4ccccc4C(=O)O)c(O)c23)nc(NC(CSSCC(Nc2nc(NNC(=O)CCCCCCC)nc(Nc3cccc4cc(S(=O)(=O)O)c(N=Nc5ccccc5C(=O)O)c(O)c34)n2)C(=O)O)C(=O)O)n1. The summed E-state index contributed by atoms with van der Waals surface area (Å²) in [6.07, 6.45) is 8.54. The third-order valence-corrected chi connectivity index (χ3v) is 18.8. The van der Waals surface area contributed by atoms with E-state index in [-0.39, 0.29) is 97.4 Å². The van der Waals surface area contributed by atoms with Crippen molar-refractivity contribution in [1.82, 2.24) is 40.8 Å². The Morgan fingerprint density at radius 2 is 0.922 bits per heavy atom. The molecule has 0 spiro atoms. The molecule has 0 aliphatic carbocycles. The molecule has 0 radical (unpaired) electrons. The predicted octanol–water partition coefficient (Wildman–Crippen LogP) is 11.4. The van der Waals surface area contributed by atoms with Crippen LogP contribution in [-0.4, -0.2) is 146 Å². The summed E-state index contributed by atoms with van der Waals surface area (Å²) in [4.78, 5) is 99.9. The van der Waals surface area contributed by atoms with Crippen molar-refractivity contribution >= 4 is 169 Å². The minimum absolute atomic E-state index is 0.00275. The van der Waals surface area contributed by atoms with E-state index in [9.17, 15) is 85.3 Å². The summed E-state index contributed by atoms with van der Waals surface area (Å²) >= 11 is 0. The van der Waals surface area contributed by atoms with Crippen molar-refractivity contribution in [2.45, 2.75) is 113 Å². The minimum Gasteiger partial charge on any atom is -0.505 e. The number of azo groups is 2. The van der Waals surface area contributed by atoms with Crippen molar-refractivity contribution in [2.24, 2.45) is 20.5 Å². The first kappa shape index (κ1) is 76.6. The molecule has 0 bridgehead atoms. The second-order valence-electron chi connectivity index (χ2n) is 22.1. The molecule has 16 N–H and O–H groups in total. The number of benzene rings is 6. The number of fused-ring (bicyclic) bond motifs is 2. The fourth-order valence-electron chi connectivity index (χ4n) is 9.62. The number of phenols is 2. The van der Waals surface area contributed by atoms with Crippen LogP contribution in [0.15, 0.2) is 127 Å². The van der Waals surface area contributed by atoms with E-state index in [2.05, 4.69) is 93.3 Å². The van der Waals surface area contributed by atoms with Crippen LogP contribution >= 0.6 is 21.6 Å². The van der Waals surface area contributed by atoms with Gasteiger partial charge in [-0.3, -0.25) is 40.4 Å². The van der Waals surface area contributed by atoms with Gasteiger partial charge in [0.25, 0.3) is 20.2 Å². The molecule has 2 aromatic heterocycles. The van der Waals surface area contributed by atoms with E-state index >= 15 is 0 Å². The first-order chi connectivity index (χ1) is 48.7. The van der Waals surface area contributed by atoms with Gasteiger partial charge in [-0.2, -0.15) is 46.7 Å². The Morgan fingerprint density at radius 1 is 0.471 bits per heavy atom. The quantitative estimate of drug-likeness (QED) is 0.00559. The van der Waals surface area contributed by atoms with Gasteiger partial charge in [0, 0.05) is 35.1 Å². The van der Waals surface area contributed by atoms with E-state index in [1.165, 1.54) is 78.9 Å². The summed E-state index contributed by atoms with van der Waals surface area (Å²) in [5.41, 5.74) is 7.86. The maximum absolute atomic E-state index is 13.0. The van der Waals surface area contributed by atoms with Crippen LogP contribution in [-0.2, 0) is 39.4 Å². The molecule has 2 amide bonds. The van der Waals surface area contributed by atoms with Gasteiger partial charge in [0.15, 0.2) is 11.5 Å². The number of phenolic OH excluding ortho intramolecular Hbond substituents is 2. The lowest BCUT2D eigenvalue weighted by Gasteiger charge is -2.18. The second-order valence-corrected chi connectivity index (χ2v) is 27.5. The molecule has 36 nitrogen and oxygen atoms in total. The molecule has 102 heavy (non-hydrogen) atoms. The van der Waals surface area contributed by atoms with Crippen molar-refractivity contribution < 1.29 is 85.3 Å². The number of anilines is 8. The highest BCUT2D eigenvalue weighted by Gasteiger charge is 2.28. The Hall–Kier alpha value is -11.2. The van der Waals surface area contributed by atoms with Crippen LogP contribution in [0.2, 0.25) is 0 Å². The maximum Gasteiger partial charge on any atom is 0.337 e. The van der Waals surface area contributed by atoms with Gasteiger partial charge in [0.1, 0.15) is 39.7 Å². The van der Waals surface area contributed by atoms with Crippen LogP contribution in [0.3, 0.4) is 0 Å². The zero-order valence-electron chi connectivity index (χ0n) is 54.1. The first-order valence-corrected chi connectivity index (χ1v) is 36.5. The number of hydrazine groups is 2.